The standard InChI is InChI=1S/C26H37FN4O5S/c1-7-19(3)28-26(33)24(8-2)30(17-20-10-9-11-23(16-20)36-6)25(32)18-31(37(34,35)29(4)5)22-14-12-21(27)13-15-22/h9-16,19,24H,7-8,17-18H2,1-6H3,(H,28,33)/t19-,24-/m1/s1. The van der Waals surface area contributed by atoms with E-state index in [0.29, 0.717) is 24.2 Å². The summed E-state index contributed by atoms with van der Waals surface area (Å²) in [5.74, 6) is -0.851. The summed E-state index contributed by atoms with van der Waals surface area (Å²) in [6.07, 6.45) is 1.03. The number of halogens is 1. The van der Waals surface area contributed by atoms with Crippen LogP contribution in [0, 0.1) is 5.82 Å². The molecular weight excluding hydrogens is 499 g/mol. The topological polar surface area (TPSA) is 99.3 Å². The SMILES string of the molecule is CC[C@@H](C)NC(=O)[C@@H](CC)N(Cc1cccc(OC)c1)C(=O)CN(c1ccc(F)cc1)S(=O)(=O)N(C)C. The third-order valence-corrected chi connectivity index (χ3v) is 7.83. The van der Waals surface area contributed by atoms with Crippen LogP contribution in [0.25, 0.3) is 0 Å². The molecule has 0 saturated carbocycles. The first-order valence-corrected chi connectivity index (χ1v) is 13.5. The lowest BCUT2D eigenvalue weighted by Gasteiger charge is -2.34. The lowest BCUT2D eigenvalue weighted by molar-refractivity contribution is -0.140. The second kappa shape index (κ2) is 13.4. The van der Waals surface area contributed by atoms with Crippen molar-refractivity contribution in [2.75, 3.05) is 32.1 Å². The van der Waals surface area contributed by atoms with Crippen LogP contribution in [0.3, 0.4) is 0 Å². The molecule has 9 nitrogen and oxygen atoms in total. The highest BCUT2D eigenvalue weighted by molar-refractivity contribution is 7.90. The van der Waals surface area contributed by atoms with Crippen molar-refractivity contribution in [1.29, 1.82) is 0 Å². The molecule has 0 heterocycles. The summed E-state index contributed by atoms with van der Waals surface area (Å²) in [6, 6.07) is 11.0. The molecule has 0 fully saturated rings. The van der Waals surface area contributed by atoms with E-state index in [1.54, 1.807) is 31.2 Å². The molecule has 37 heavy (non-hydrogen) atoms. The minimum Gasteiger partial charge on any atom is -0.497 e. The third-order valence-electron chi connectivity index (χ3n) is 6.01. The summed E-state index contributed by atoms with van der Waals surface area (Å²) in [5, 5.41) is 2.92. The Morgan fingerprint density at radius 1 is 1.05 bits per heavy atom. The molecule has 2 rings (SSSR count). The van der Waals surface area contributed by atoms with E-state index >= 15 is 0 Å². The van der Waals surface area contributed by atoms with Gasteiger partial charge in [0.15, 0.2) is 0 Å². The van der Waals surface area contributed by atoms with Crippen LogP contribution in [0.5, 0.6) is 5.75 Å². The molecule has 2 amide bonds. The number of anilines is 1. The highest BCUT2D eigenvalue weighted by atomic mass is 32.2. The van der Waals surface area contributed by atoms with Gasteiger partial charge in [0.25, 0.3) is 0 Å². The molecule has 0 aliphatic rings. The van der Waals surface area contributed by atoms with Crippen LogP contribution in [-0.2, 0) is 26.3 Å². The summed E-state index contributed by atoms with van der Waals surface area (Å²) in [4.78, 5) is 28.4. The van der Waals surface area contributed by atoms with Gasteiger partial charge in [0.05, 0.1) is 12.8 Å². The fourth-order valence-corrected chi connectivity index (χ4v) is 4.71. The zero-order valence-electron chi connectivity index (χ0n) is 22.3. The lowest BCUT2D eigenvalue weighted by Crippen LogP contribution is -2.54. The van der Waals surface area contributed by atoms with E-state index in [0.717, 1.165) is 20.7 Å². The van der Waals surface area contributed by atoms with Crippen molar-refractivity contribution in [1.82, 2.24) is 14.5 Å². The van der Waals surface area contributed by atoms with Crippen LogP contribution in [0.2, 0.25) is 0 Å². The van der Waals surface area contributed by atoms with E-state index in [2.05, 4.69) is 5.32 Å². The number of nitrogens with one attached hydrogen (secondary N) is 1. The van der Waals surface area contributed by atoms with E-state index in [9.17, 15) is 22.4 Å². The second-order valence-corrected chi connectivity index (χ2v) is 11.0. The second-order valence-electron chi connectivity index (χ2n) is 8.89. The molecule has 11 heteroatoms. The number of amides is 2. The van der Waals surface area contributed by atoms with Gasteiger partial charge in [-0.1, -0.05) is 26.0 Å². The summed E-state index contributed by atoms with van der Waals surface area (Å²) in [5.41, 5.74) is 0.841. The number of nitrogens with zero attached hydrogens (tertiary/aromatic N) is 3. The number of hydrogen-bond acceptors (Lipinski definition) is 5. The molecule has 204 valence electrons. The Bertz CT molecular complexity index is 1160. The Morgan fingerprint density at radius 3 is 2.24 bits per heavy atom. The number of carbonyl (C=O) groups excluding carboxylic acids is 2. The molecule has 0 radical (unpaired) electrons. The maximum absolute atomic E-state index is 13.8. The van der Waals surface area contributed by atoms with Crippen molar-refractivity contribution in [3.05, 3.63) is 59.9 Å². The van der Waals surface area contributed by atoms with Crippen molar-refractivity contribution in [2.24, 2.45) is 0 Å². The van der Waals surface area contributed by atoms with Gasteiger partial charge in [0, 0.05) is 26.7 Å². The van der Waals surface area contributed by atoms with Crippen LogP contribution in [-0.4, -0.2) is 69.3 Å². The largest absolute Gasteiger partial charge is 0.497 e. The molecule has 0 aliphatic carbocycles. The van der Waals surface area contributed by atoms with Crippen molar-refractivity contribution in [3.8, 4) is 5.75 Å². The van der Waals surface area contributed by atoms with Crippen LogP contribution >= 0.6 is 0 Å². The molecule has 0 aromatic heterocycles. The molecule has 2 atom stereocenters. The van der Waals surface area contributed by atoms with Gasteiger partial charge in [-0.05, 0) is 61.7 Å². The quantitative estimate of drug-likeness (QED) is 0.424. The average molecular weight is 537 g/mol. The molecule has 1 N–H and O–H groups in total. The summed E-state index contributed by atoms with van der Waals surface area (Å²) in [6.45, 7) is 5.09. The van der Waals surface area contributed by atoms with E-state index in [1.807, 2.05) is 13.8 Å². The van der Waals surface area contributed by atoms with Gasteiger partial charge in [-0.25, -0.2) is 8.70 Å². The van der Waals surface area contributed by atoms with Crippen LogP contribution < -0.4 is 14.4 Å². The smallest absolute Gasteiger partial charge is 0.304 e. The normalized spacial score (nSPS) is 13.1. The minimum atomic E-state index is -4.12. The monoisotopic (exact) mass is 536 g/mol. The highest BCUT2D eigenvalue weighted by Gasteiger charge is 2.34. The predicted octanol–water partition coefficient (Wildman–Crippen LogP) is 3.17. The van der Waals surface area contributed by atoms with Gasteiger partial charge >= 0.3 is 10.2 Å². The van der Waals surface area contributed by atoms with Crippen molar-refractivity contribution in [2.45, 2.75) is 52.2 Å². The molecule has 0 spiro atoms. The van der Waals surface area contributed by atoms with Crippen molar-refractivity contribution < 1.29 is 27.1 Å². The Hall–Kier alpha value is -3.18. The number of rotatable bonds is 13. The lowest BCUT2D eigenvalue weighted by atomic mass is 10.1. The number of hydrogen-bond donors (Lipinski definition) is 1. The fraction of sp³-hybridized carbons (Fsp3) is 0.462. The first-order valence-electron chi connectivity index (χ1n) is 12.1. The zero-order valence-corrected chi connectivity index (χ0v) is 23.1. The Kier molecular flexibility index (Phi) is 10.9. The Labute approximate surface area is 219 Å². The molecule has 2 aromatic carbocycles. The number of methoxy groups -OCH3 is 1. The molecule has 0 bridgehead atoms. The molecule has 2 aromatic rings. The molecular formula is C26H37FN4O5S. The highest BCUT2D eigenvalue weighted by Crippen LogP contribution is 2.22. The molecule has 0 unspecified atom stereocenters. The van der Waals surface area contributed by atoms with Gasteiger partial charge in [-0.15, -0.1) is 0 Å². The predicted molar refractivity (Wildman–Crippen MR) is 142 cm³/mol. The third kappa shape index (κ3) is 7.90. The number of carbonyl (C=O) groups is 2. The average Bonchev–Trinajstić information content (AvgIpc) is 2.87. The van der Waals surface area contributed by atoms with Gasteiger partial charge in [0.2, 0.25) is 11.8 Å². The van der Waals surface area contributed by atoms with Crippen molar-refractivity contribution >= 4 is 27.7 Å². The number of benzene rings is 2. The minimum absolute atomic E-state index is 0.0573. The fourth-order valence-electron chi connectivity index (χ4n) is 3.65. The summed E-state index contributed by atoms with van der Waals surface area (Å²) >= 11 is 0. The van der Waals surface area contributed by atoms with E-state index in [1.165, 1.54) is 38.2 Å². The van der Waals surface area contributed by atoms with Crippen LogP contribution in [0.1, 0.15) is 39.2 Å². The van der Waals surface area contributed by atoms with Crippen molar-refractivity contribution in [3.63, 3.8) is 0 Å². The van der Waals surface area contributed by atoms with Crippen LogP contribution in [0.15, 0.2) is 48.5 Å². The first-order chi connectivity index (χ1) is 17.4. The summed E-state index contributed by atoms with van der Waals surface area (Å²) in [7, 11) is 0.106. The molecule has 0 aliphatic heterocycles. The zero-order chi connectivity index (χ0) is 27.8. The number of ether oxygens (including phenoxy) is 1. The van der Waals surface area contributed by atoms with Gasteiger partial charge in [-0.2, -0.15) is 12.7 Å². The maximum atomic E-state index is 13.8. The summed E-state index contributed by atoms with van der Waals surface area (Å²) < 4.78 is 47.1. The van der Waals surface area contributed by atoms with E-state index < -0.39 is 34.5 Å². The molecule has 0 saturated heterocycles. The van der Waals surface area contributed by atoms with Crippen LogP contribution in [0.4, 0.5) is 10.1 Å². The van der Waals surface area contributed by atoms with Gasteiger partial charge in [-0.3, -0.25) is 9.59 Å². The van der Waals surface area contributed by atoms with Gasteiger partial charge in [0.1, 0.15) is 24.2 Å². The Balaban J connectivity index is 2.51. The van der Waals surface area contributed by atoms with E-state index in [-0.39, 0.29) is 24.2 Å². The van der Waals surface area contributed by atoms with Gasteiger partial charge < -0.3 is 15.0 Å². The first kappa shape index (κ1) is 30.0. The maximum Gasteiger partial charge on any atom is 0.304 e. The Morgan fingerprint density at radius 2 is 1.70 bits per heavy atom. The van der Waals surface area contributed by atoms with E-state index in [4.69, 9.17) is 4.74 Å².